The van der Waals surface area contributed by atoms with Crippen molar-refractivity contribution in [2.24, 2.45) is 0 Å². The highest BCUT2D eigenvalue weighted by Gasteiger charge is 2.07. The molecule has 0 saturated carbocycles. The molecule has 0 fully saturated rings. The van der Waals surface area contributed by atoms with Gasteiger partial charge in [0.1, 0.15) is 5.82 Å². The zero-order chi connectivity index (χ0) is 14.5. The van der Waals surface area contributed by atoms with Gasteiger partial charge in [0, 0.05) is 12.6 Å². The van der Waals surface area contributed by atoms with Crippen molar-refractivity contribution >= 4 is 0 Å². The van der Waals surface area contributed by atoms with Crippen molar-refractivity contribution in [3.8, 4) is 6.07 Å². The molecule has 0 spiro atoms. The zero-order valence-electron chi connectivity index (χ0n) is 11.7. The van der Waals surface area contributed by atoms with E-state index in [1.165, 1.54) is 6.07 Å². The minimum atomic E-state index is -0.217. The van der Waals surface area contributed by atoms with Crippen LogP contribution < -0.4 is 5.32 Å². The summed E-state index contributed by atoms with van der Waals surface area (Å²) in [6.07, 6.45) is 0. The number of halogens is 1. The summed E-state index contributed by atoms with van der Waals surface area (Å²) in [5.41, 5.74) is 3.83. The molecule has 0 aliphatic heterocycles. The van der Waals surface area contributed by atoms with E-state index in [1.807, 2.05) is 38.1 Å². The Morgan fingerprint density at radius 1 is 1.25 bits per heavy atom. The Kier molecular flexibility index (Phi) is 4.49. The van der Waals surface area contributed by atoms with Crippen molar-refractivity contribution in [1.29, 1.82) is 5.26 Å². The molecule has 0 aromatic heterocycles. The first-order chi connectivity index (χ1) is 9.60. The molecule has 2 aromatic rings. The molecule has 1 N–H and O–H groups in total. The van der Waals surface area contributed by atoms with Gasteiger partial charge in [-0.05, 0) is 54.8 Å². The Morgan fingerprint density at radius 3 is 2.70 bits per heavy atom. The summed E-state index contributed by atoms with van der Waals surface area (Å²) < 4.78 is 13.2. The fourth-order valence-corrected chi connectivity index (χ4v) is 2.12. The van der Waals surface area contributed by atoms with E-state index in [0.29, 0.717) is 12.1 Å². The molecule has 20 heavy (non-hydrogen) atoms. The molecular weight excluding hydrogens is 251 g/mol. The van der Waals surface area contributed by atoms with E-state index in [1.54, 1.807) is 12.1 Å². The van der Waals surface area contributed by atoms with E-state index in [2.05, 4.69) is 11.4 Å². The fraction of sp³-hybridized carbons (Fsp3) is 0.235. The van der Waals surface area contributed by atoms with Crippen molar-refractivity contribution in [2.45, 2.75) is 26.4 Å². The Balaban J connectivity index is 2.04. The number of nitrogens with one attached hydrogen (secondary N) is 1. The summed E-state index contributed by atoms with van der Waals surface area (Å²) in [6, 6.07) is 14.5. The molecule has 0 bridgehead atoms. The summed E-state index contributed by atoms with van der Waals surface area (Å²) in [7, 11) is 0. The molecule has 2 rings (SSSR count). The maximum atomic E-state index is 13.2. The number of hydrogen-bond acceptors (Lipinski definition) is 2. The molecule has 0 amide bonds. The van der Waals surface area contributed by atoms with Crippen LogP contribution in [-0.4, -0.2) is 0 Å². The van der Waals surface area contributed by atoms with Gasteiger partial charge in [0.25, 0.3) is 0 Å². The van der Waals surface area contributed by atoms with Gasteiger partial charge in [0.2, 0.25) is 0 Å². The van der Waals surface area contributed by atoms with Crippen LogP contribution >= 0.6 is 0 Å². The maximum Gasteiger partial charge on any atom is 0.123 e. The Hall–Kier alpha value is -2.18. The predicted octanol–water partition coefficient (Wildman–Crippen LogP) is 3.86. The number of rotatable bonds is 4. The molecule has 3 heteroatoms. The van der Waals surface area contributed by atoms with Gasteiger partial charge in [-0.3, -0.25) is 0 Å². The molecular formula is C17H17FN2. The van der Waals surface area contributed by atoms with Gasteiger partial charge in [-0.2, -0.15) is 5.26 Å². The van der Waals surface area contributed by atoms with Gasteiger partial charge in [-0.1, -0.05) is 18.2 Å². The van der Waals surface area contributed by atoms with E-state index in [9.17, 15) is 4.39 Å². The van der Waals surface area contributed by atoms with Crippen LogP contribution in [0.15, 0.2) is 42.5 Å². The highest BCUT2D eigenvalue weighted by molar-refractivity contribution is 5.37. The van der Waals surface area contributed by atoms with Crippen LogP contribution in [0.2, 0.25) is 0 Å². The first-order valence-electron chi connectivity index (χ1n) is 6.58. The SMILES string of the molecule is Cc1cc(C#N)ccc1CNC(C)c1cccc(F)c1. The third-order valence-corrected chi connectivity index (χ3v) is 3.42. The largest absolute Gasteiger partial charge is 0.306 e. The second kappa shape index (κ2) is 6.31. The van der Waals surface area contributed by atoms with Gasteiger partial charge in [0.05, 0.1) is 11.6 Å². The molecule has 0 radical (unpaired) electrons. The van der Waals surface area contributed by atoms with Gasteiger partial charge < -0.3 is 5.32 Å². The van der Waals surface area contributed by atoms with Crippen LogP contribution in [0.4, 0.5) is 4.39 Å². The lowest BCUT2D eigenvalue weighted by Gasteiger charge is -2.15. The average molecular weight is 268 g/mol. The number of nitriles is 1. The van der Waals surface area contributed by atoms with Gasteiger partial charge in [-0.25, -0.2) is 4.39 Å². The summed E-state index contributed by atoms with van der Waals surface area (Å²) in [5, 5.41) is 12.2. The molecule has 102 valence electrons. The summed E-state index contributed by atoms with van der Waals surface area (Å²) in [5.74, 6) is -0.217. The minimum Gasteiger partial charge on any atom is -0.306 e. The van der Waals surface area contributed by atoms with E-state index < -0.39 is 0 Å². The molecule has 0 aliphatic carbocycles. The Labute approximate surface area is 118 Å². The van der Waals surface area contributed by atoms with E-state index in [-0.39, 0.29) is 11.9 Å². The maximum absolute atomic E-state index is 13.2. The van der Waals surface area contributed by atoms with Crippen LogP contribution in [0.25, 0.3) is 0 Å². The second-order valence-electron chi connectivity index (χ2n) is 4.91. The highest BCUT2D eigenvalue weighted by Crippen LogP contribution is 2.16. The summed E-state index contributed by atoms with van der Waals surface area (Å²) >= 11 is 0. The van der Waals surface area contributed by atoms with E-state index in [0.717, 1.165) is 16.7 Å². The van der Waals surface area contributed by atoms with Crippen LogP contribution in [0, 0.1) is 24.1 Å². The Bertz CT molecular complexity index is 644. The van der Waals surface area contributed by atoms with E-state index in [4.69, 9.17) is 5.26 Å². The second-order valence-corrected chi connectivity index (χ2v) is 4.91. The number of benzene rings is 2. The lowest BCUT2D eigenvalue weighted by atomic mass is 10.0. The average Bonchev–Trinajstić information content (AvgIpc) is 2.45. The van der Waals surface area contributed by atoms with Gasteiger partial charge in [-0.15, -0.1) is 0 Å². The van der Waals surface area contributed by atoms with Crippen LogP contribution in [-0.2, 0) is 6.54 Å². The zero-order valence-corrected chi connectivity index (χ0v) is 11.7. The predicted molar refractivity (Wildman–Crippen MR) is 77.5 cm³/mol. The molecule has 0 heterocycles. The third-order valence-electron chi connectivity index (χ3n) is 3.42. The standard InChI is InChI=1S/C17H17FN2/c1-12-8-14(10-19)6-7-16(12)11-20-13(2)15-4-3-5-17(18)9-15/h3-9,13,20H,11H2,1-2H3. The van der Waals surface area contributed by atoms with Crippen LogP contribution in [0.5, 0.6) is 0 Å². The lowest BCUT2D eigenvalue weighted by molar-refractivity contribution is 0.564. The fourth-order valence-electron chi connectivity index (χ4n) is 2.12. The topological polar surface area (TPSA) is 35.8 Å². The first kappa shape index (κ1) is 14.2. The van der Waals surface area contributed by atoms with Crippen LogP contribution in [0.1, 0.15) is 35.2 Å². The molecule has 2 nitrogen and oxygen atoms in total. The van der Waals surface area contributed by atoms with E-state index >= 15 is 0 Å². The first-order valence-corrected chi connectivity index (χ1v) is 6.58. The van der Waals surface area contributed by atoms with Gasteiger partial charge in [0.15, 0.2) is 0 Å². The summed E-state index contributed by atoms with van der Waals surface area (Å²) in [4.78, 5) is 0. The van der Waals surface area contributed by atoms with Crippen molar-refractivity contribution in [2.75, 3.05) is 0 Å². The minimum absolute atomic E-state index is 0.0701. The van der Waals surface area contributed by atoms with Crippen molar-refractivity contribution in [3.05, 3.63) is 70.5 Å². The third kappa shape index (κ3) is 3.43. The molecule has 2 aromatic carbocycles. The normalized spacial score (nSPS) is 11.9. The number of nitrogens with zero attached hydrogens (tertiary/aromatic N) is 1. The Morgan fingerprint density at radius 2 is 2.05 bits per heavy atom. The summed E-state index contributed by atoms with van der Waals surface area (Å²) in [6.45, 7) is 4.69. The smallest absolute Gasteiger partial charge is 0.123 e. The molecule has 1 atom stereocenters. The van der Waals surface area contributed by atoms with Gasteiger partial charge >= 0.3 is 0 Å². The van der Waals surface area contributed by atoms with Crippen molar-refractivity contribution in [1.82, 2.24) is 5.32 Å². The lowest BCUT2D eigenvalue weighted by Crippen LogP contribution is -2.18. The van der Waals surface area contributed by atoms with Crippen LogP contribution in [0.3, 0.4) is 0 Å². The molecule has 0 aliphatic rings. The number of aryl methyl sites for hydroxylation is 1. The van der Waals surface area contributed by atoms with Crippen molar-refractivity contribution < 1.29 is 4.39 Å². The highest BCUT2D eigenvalue weighted by atomic mass is 19.1. The molecule has 1 unspecified atom stereocenters. The monoisotopic (exact) mass is 268 g/mol. The number of hydrogen-bond donors (Lipinski definition) is 1. The van der Waals surface area contributed by atoms with Crippen molar-refractivity contribution in [3.63, 3.8) is 0 Å². The molecule has 0 saturated heterocycles. The quantitative estimate of drug-likeness (QED) is 0.914.